The molecule has 1 aliphatic rings. The number of benzene rings is 1. The summed E-state index contributed by atoms with van der Waals surface area (Å²) < 4.78 is 5.34. The van der Waals surface area contributed by atoms with Gasteiger partial charge in [0.2, 0.25) is 0 Å². The van der Waals surface area contributed by atoms with Crippen LogP contribution in [0.4, 0.5) is 0 Å². The van der Waals surface area contributed by atoms with E-state index in [9.17, 15) is 4.79 Å². The number of carbonyl (C=O) groups excluding carboxylic acids is 1. The van der Waals surface area contributed by atoms with Crippen LogP contribution in [-0.4, -0.2) is 62.1 Å². The predicted octanol–water partition coefficient (Wildman–Crippen LogP) is 1.65. The van der Waals surface area contributed by atoms with Gasteiger partial charge in [0.25, 0.3) is 0 Å². The fraction of sp³-hybridized carbons (Fsp3) is 0.562. The standard InChI is InChI=1S/C16H24N2O2/c1-3-14-4-6-15(7-5-14)16(19)20-13-12-18-10-8-17(2)9-11-18/h4-7H,3,8-13H2,1-2H3. The summed E-state index contributed by atoms with van der Waals surface area (Å²) in [5.74, 6) is -0.221. The average Bonchev–Trinajstić information content (AvgIpc) is 2.49. The number of piperazine rings is 1. The van der Waals surface area contributed by atoms with Gasteiger partial charge in [-0.25, -0.2) is 4.79 Å². The van der Waals surface area contributed by atoms with Crippen LogP contribution in [0.3, 0.4) is 0 Å². The zero-order valence-corrected chi connectivity index (χ0v) is 12.5. The zero-order chi connectivity index (χ0) is 14.4. The highest BCUT2D eigenvalue weighted by atomic mass is 16.5. The molecule has 0 aliphatic carbocycles. The summed E-state index contributed by atoms with van der Waals surface area (Å²) in [4.78, 5) is 16.5. The Morgan fingerprint density at radius 2 is 1.80 bits per heavy atom. The lowest BCUT2D eigenvalue weighted by atomic mass is 10.1. The summed E-state index contributed by atoms with van der Waals surface area (Å²) in [6, 6.07) is 7.65. The highest BCUT2D eigenvalue weighted by molar-refractivity contribution is 5.89. The maximum atomic E-state index is 11.9. The van der Waals surface area contributed by atoms with E-state index in [1.165, 1.54) is 5.56 Å². The van der Waals surface area contributed by atoms with Gasteiger partial charge in [0.05, 0.1) is 5.56 Å². The molecular formula is C16H24N2O2. The first kappa shape index (κ1) is 15.0. The van der Waals surface area contributed by atoms with E-state index in [1.54, 1.807) is 0 Å². The summed E-state index contributed by atoms with van der Waals surface area (Å²) in [7, 11) is 2.14. The second kappa shape index (κ2) is 7.41. The van der Waals surface area contributed by atoms with Crippen LogP contribution in [-0.2, 0) is 11.2 Å². The van der Waals surface area contributed by atoms with Gasteiger partial charge in [0.1, 0.15) is 6.61 Å². The molecule has 1 heterocycles. The van der Waals surface area contributed by atoms with Crippen LogP contribution in [0.15, 0.2) is 24.3 Å². The second-order valence-corrected chi connectivity index (χ2v) is 5.33. The molecule has 0 N–H and O–H groups in total. The molecule has 0 radical (unpaired) electrons. The quantitative estimate of drug-likeness (QED) is 0.766. The van der Waals surface area contributed by atoms with Crippen molar-refractivity contribution in [1.82, 2.24) is 9.80 Å². The molecule has 20 heavy (non-hydrogen) atoms. The van der Waals surface area contributed by atoms with E-state index in [2.05, 4.69) is 23.8 Å². The van der Waals surface area contributed by atoms with Crippen molar-refractivity contribution >= 4 is 5.97 Å². The number of likely N-dealkylation sites (N-methyl/N-ethyl adjacent to an activating group) is 1. The normalized spacial score (nSPS) is 17.1. The zero-order valence-electron chi connectivity index (χ0n) is 12.5. The highest BCUT2D eigenvalue weighted by Gasteiger charge is 2.14. The minimum atomic E-state index is -0.221. The summed E-state index contributed by atoms with van der Waals surface area (Å²) >= 11 is 0. The lowest BCUT2D eigenvalue weighted by molar-refractivity contribution is 0.0432. The van der Waals surface area contributed by atoms with Crippen molar-refractivity contribution in [3.05, 3.63) is 35.4 Å². The number of aryl methyl sites for hydroxylation is 1. The lowest BCUT2D eigenvalue weighted by Gasteiger charge is -2.32. The van der Waals surface area contributed by atoms with Gasteiger partial charge < -0.3 is 9.64 Å². The van der Waals surface area contributed by atoms with Gasteiger partial charge in [-0.2, -0.15) is 0 Å². The van der Waals surface area contributed by atoms with Crippen molar-refractivity contribution in [1.29, 1.82) is 0 Å². The molecule has 110 valence electrons. The Bertz CT molecular complexity index is 423. The van der Waals surface area contributed by atoms with E-state index in [0.29, 0.717) is 12.2 Å². The fourth-order valence-corrected chi connectivity index (χ4v) is 2.30. The summed E-state index contributed by atoms with van der Waals surface area (Å²) in [5.41, 5.74) is 1.87. The summed E-state index contributed by atoms with van der Waals surface area (Å²) in [6.07, 6.45) is 0.985. The molecule has 1 saturated heterocycles. The number of hydrogen-bond donors (Lipinski definition) is 0. The lowest BCUT2D eigenvalue weighted by Crippen LogP contribution is -2.45. The van der Waals surface area contributed by atoms with Crippen LogP contribution in [0.2, 0.25) is 0 Å². The molecule has 1 aromatic carbocycles. The van der Waals surface area contributed by atoms with E-state index < -0.39 is 0 Å². The van der Waals surface area contributed by atoms with Gasteiger partial charge >= 0.3 is 5.97 Å². The molecule has 4 nitrogen and oxygen atoms in total. The largest absolute Gasteiger partial charge is 0.461 e. The minimum absolute atomic E-state index is 0.221. The third-order valence-corrected chi connectivity index (χ3v) is 3.83. The first-order valence-corrected chi connectivity index (χ1v) is 7.36. The molecule has 1 aliphatic heterocycles. The SMILES string of the molecule is CCc1ccc(C(=O)OCCN2CCN(C)CC2)cc1. The topological polar surface area (TPSA) is 32.8 Å². The first-order valence-electron chi connectivity index (χ1n) is 7.36. The molecule has 0 atom stereocenters. The number of nitrogens with zero attached hydrogens (tertiary/aromatic N) is 2. The smallest absolute Gasteiger partial charge is 0.338 e. The fourth-order valence-electron chi connectivity index (χ4n) is 2.30. The number of rotatable bonds is 5. The van der Waals surface area contributed by atoms with Gasteiger partial charge in [-0.1, -0.05) is 19.1 Å². The van der Waals surface area contributed by atoms with Crippen molar-refractivity contribution in [2.45, 2.75) is 13.3 Å². The highest BCUT2D eigenvalue weighted by Crippen LogP contribution is 2.07. The molecule has 0 saturated carbocycles. The van der Waals surface area contributed by atoms with Crippen LogP contribution >= 0.6 is 0 Å². The van der Waals surface area contributed by atoms with Gasteiger partial charge in [-0.3, -0.25) is 4.90 Å². The predicted molar refractivity (Wildman–Crippen MR) is 80.0 cm³/mol. The maximum Gasteiger partial charge on any atom is 0.338 e. The Morgan fingerprint density at radius 1 is 1.15 bits per heavy atom. The monoisotopic (exact) mass is 276 g/mol. The third-order valence-electron chi connectivity index (χ3n) is 3.83. The molecule has 2 rings (SSSR count). The van der Waals surface area contributed by atoms with Gasteiger partial charge in [0.15, 0.2) is 0 Å². The van der Waals surface area contributed by atoms with Crippen molar-refractivity contribution < 1.29 is 9.53 Å². The molecular weight excluding hydrogens is 252 g/mol. The summed E-state index contributed by atoms with van der Waals surface area (Å²) in [5, 5.41) is 0. The number of carbonyl (C=O) groups is 1. The molecule has 1 fully saturated rings. The van der Waals surface area contributed by atoms with E-state index >= 15 is 0 Å². The van der Waals surface area contributed by atoms with Crippen LogP contribution < -0.4 is 0 Å². The average molecular weight is 276 g/mol. The van der Waals surface area contributed by atoms with E-state index in [1.807, 2.05) is 24.3 Å². The van der Waals surface area contributed by atoms with E-state index in [-0.39, 0.29) is 5.97 Å². The van der Waals surface area contributed by atoms with Crippen molar-refractivity contribution in [2.24, 2.45) is 0 Å². The first-order chi connectivity index (χ1) is 9.69. The second-order valence-electron chi connectivity index (χ2n) is 5.33. The Kier molecular flexibility index (Phi) is 5.56. The molecule has 0 spiro atoms. The van der Waals surface area contributed by atoms with Crippen LogP contribution in [0, 0.1) is 0 Å². The number of esters is 1. The molecule has 0 aromatic heterocycles. The van der Waals surface area contributed by atoms with Crippen molar-refractivity contribution in [3.63, 3.8) is 0 Å². The number of hydrogen-bond acceptors (Lipinski definition) is 4. The number of ether oxygens (including phenoxy) is 1. The molecule has 1 aromatic rings. The van der Waals surface area contributed by atoms with Gasteiger partial charge in [-0.05, 0) is 31.2 Å². The Hall–Kier alpha value is -1.39. The van der Waals surface area contributed by atoms with Crippen molar-refractivity contribution in [2.75, 3.05) is 46.4 Å². The Morgan fingerprint density at radius 3 is 2.40 bits per heavy atom. The van der Waals surface area contributed by atoms with Crippen LogP contribution in [0.1, 0.15) is 22.8 Å². The summed E-state index contributed by atoms with van der Waals surface area (Å²) in [6.45, 7) is 7.69. The van der Waals surface area contributed by atoms with E-state index in [0.717, 1.165) is 39.1 Å². The Labute approximate surface area is 121 Å². The third kappa shape index (κ3) is 4.32. The van der Waals surface area contributed by atoms with Crippen LogP contribution in [0.25, 0.3) is 0 Å². The Balaban J connectivity index is 1.71. The molecule has 0 bridgehead atoms. The van der Waals surface area contributed by atoms with Gasteiger partial charge in [-0.15, -0.1) is 0 Å². The molecule has 0 unspecified atom stereocenters. The molecule has 0 amide bonds. The van der Waals surface area contributed by atoms with Crippen LogP contribution in [0.5, 0.6) is 0 Å². The van der Waals surface area contributed by atoms with Gasteiger partial charge in [0, 0.05) is 32.7 Å². The van der Waals surface area contributed by atoms with Crippen molar-refractivity contribution in [3.8, 4) is 0 Å². The minimum Gasteiger partial charge on any atom is -0.461 e. The van der Waals surface area contributed by atoms with E-state index in [4.69, 9.17) is 4.74 Å². The molecule has 4 heteroatoms. The maximum absolute atomic E-state index is 11.9.